The Morgan fingerprint density at radius 1 is 0.839 bits per heavy atom. The Hall–Kier alpha value is -4.52. The molecule has 2 aromatic carbocycles. The minimum absolute atomic E-state index is 0.118. The van der Waals surface area contributed by atoms with Crippen LogP contribution < -0.4 is 5.32 Å². The number of nitrogens with one attached hydrogen (secondary N) is 1. The van der Waals surface area contributed by atoms with Gasteiger partial charge in [-0.15, -0.1) is 0 Å². The number of ether oxygens (including phenoxy) is 1. The Bertz CT molecular complexity index is 1330. The molecular formula is C24H14N2O5. The van der Waals surface area contributed by atoms with Crippen molar-refractivity contribution in [2.75, 3.05) is 0 Å². The second-order valence-corrected chi connectivity index (χ2v) is 6.86. The van der Waals surface area contributed by atoms with Gasteiger partial charge in [0.05, 0.1) is 11.1 Å². The highest BCUT2D eigenvalue weighted by Crippen LogP contribution is 2.28. The lowest BCUT2D eigenvalue weighted by atomic mass is 10.0. The Labute approximate surface area is 176 Å². The maximum absolute atomic E-state index is 12.1. The summed E-state index contributed by atoms with van der Waals surface area (Å²) in [4.78, 5) is 39.9. The molecule has 0 radical (unpaired) electrons. The highest BCUT2D eigenvalue weighted by atomic mass is 16.6. The molecule has 1 N–H and O–H groups in total. The molecule has 2 aliphatic rings. The third-order valence-corrected chi connectivity index (χ3v) is 4.78. The van der Waals surface area contributed by atoms with Gasteiger partial charge in [0.1, 0.15) is 11.5 Å². The van der Waals surface area contributed by atoms with E-state index in [2.05, 4.69) is 10.3 Å². The number of benzene rings is 2. The minimum atomic E-state index is -0.571. The summed E-state index contributed by atoms with van der Waals surface area (Å²) >= 11 is 0. The van der Waals surface area contributed by atoms with Crippen LogP contribution in [0.25, 0.3) is 23.5 Å². The summed E-state index contributed by atoms with van der Waals surface area (Å²) in [6.07, 6.45) is 4.91. The normalized spacial score (nSPS) is 16.6. The van der Waals surface area contributed by atoms with Gasteiger partial charge in [0.25, 0.3) is 11.8 Å². The number of esters is 1. The van der Waals surface area contributed by atoms with E-state index in [0.717, 1.165) is 5.56 Å². The lowest BCUT2D eigenvalue weighted by molar-refractivity contribution is -0.129. The number of cyclic esters (lactones) is 1. The lowest BCUT2D eigenvalue weighted by Gasteiger charge is -1.99. The molecule has 7 nitrogen and oxygen atoms in total. The highest BCUT2D eigenvalue weighted by Gasteiger charge is 2.27. The number of aliphatic imine (C=N–C) groups is 1. The number of hydrogen-bond acceptors (Lipinski definition) is 6. The largest absolute Gasteiger partial charge is 0.457 e. The molecular weight excluding hydrogens is 396 g/mol. The van der Waals surface area contributed by atoms with E-state index in [0.29, 0.717) is 28.2 Å². The van der Waals surface area contributed by atoms with Crippen LogP contribution in [0.15, 0.2) is 81.8 Å². The molecule has 0 spiro atoms. The second kappa shape index (κ2) is 7.38. The van der Waals surface area contributed by atoms with E-state index in [9.17, 15) is 14.4 Å². The molecule has 0 fully saturated rings. The van der Waals surface area contributed by atoms with E-state index < -0.39 is 17.8 Å². The predicted octanol–water partition coefficient (Wildman–Crippen LogP) is 3.84. The quantitative estimate of drug-likeness (QED) is 0.400. The predicted molar refractivity (Wildman–Crippen MR) is 113 cm³/mol. The molecule has 1 aromatic heterocycles. The molecule has 0 aliphatic carbocycles. The van der Waals surface area contributed by atoms with Crippen molar-refractivity contribution >= 4 is 35.8 Å². The van der Waals surface area contributed by atoms with Gasteiger partial charge in [-0.1, -0.05) is 36.4 Å². The molecule has 0 saturated carbocycles. The maximum atomic E-state index is 12.1. The molecule has 150 valence electrons. The second-order valence-electron chi connectivity index (χ2n) is 6.86. The number of carbonyl (C=O) groups is 3. The SMILES string of the molecule is O=C1OC(C=Cc2ccccc2)=NC1=Cc1ccc(-c2ccc3c(c2)C(=O)NC3=O)o1. The number of fused-ring (bicyclic) bond motifs is 1. The van der Waals surface area contributed by atoms with Crippen LogP contribution >= 0.6 is 0 Å². The zero-order valence-electron chi connectivity index (χ0n) is 16.0. The minimum Gasteiger partial charge on any atom is -0.457 e. The lowest BCUT2D eigenvalue weighted by Crippen LogP contribution is -2.19. The Morgan fingerprint density at radius 3 is 2.48 bits per heavy atom. The number of hydrogen-bond donors (Lipinski definition) is 1. The topological polar surface area (TPSA) is 98.0 Å². The van der Waals surface area contributed by atoms with E-state index >= 15 is 0 Å². The van der Waals surface area contributed by atoms with E-state index in [4.69, 9.17) is 9.15 Å². The van der Waals surface area contributed by atoms with Gasteiger partial charge in [0.2, 0.25) is 5.90 Å². The first-order chi connectivity index (χ1) is 15.1. The average molecular weight is 410 g/mol. The summed E-state index contributed by atoms with van der Waals surface area (Å²) in [5.41, 5.74) is 2.35. The molecule has 3 heterocycles. The van der Waals surface area contributed by atoms with Crippen LogP contribution in [0, 0.1) is 0 Å². The number of imide groups is 1. The molecule has 0 saturated heterocycles. The van der Waals surface area contributed by atoms with Crippen LogP contribution in [0.1, 0.15) is 32.0 Å². The van der Waals surface area contributed by atoms with Crippen molar-refractivity contribution in [3.63, 3.8) is 0 Å². The van der Waals surface area contributed by atoms with Gasteiger partial charge in [-0.2, -0.15) is 0 Å². The third-order valence-electron chi connectivity index (χ3n) is 4.78. The van der Waals surface area contributed by atoms with Gasteiger partial charge in [0.15, 0.2) is 5.70 Å². The first kappa shape index (κ1) is 18.5. The maximum Gasteiger partial charge on any atom is 0.363 e. The van der Waals surface area contributed by atoms with Crippen LogP contribution in [0.5, 0.6) is 0 Å². The summed E-state index contributed by atoms with van der Waals surface area (Å²) in [6, 6.07) is 17.8. The van der Waals surface area contributed by atoms with Crippen molar-refractivity contribution in [2.24, 2.45) is 4.99 Å². The summed E-state index contributed by atoms with van der Waals surface area (Å²) in [7, 11) is 0. The van der Waals surface area contributed by atoms with Crippen LogP contribution in [-0.2, 0) is 9.53 Å². The Morgan fingerprint density at radius 2 is 1.65 bits per heavy atom. The van der Waals surface area contributed by atoms with E-state index in [1.165, 1.54) is 6.08 Å². The summed E-state index contributed by atoms with van der Waals surface area (Å²) in [6.45, 7) is 0. The van der Waals surface area contributed by atoms with Gasteiger partial charge in [-0.05, 0) is 35.9 Å². The number of nitrogens with zero attached hydrogens (tertiary/aromatic N) is 1. The van der Waals surface area contributed by atoms with Gasteiger partial charge in [0, 0.05) is 17.7 Å². The molecule has 0 bridgehead atoms. The fourth-order valence-corrected chi connectivity index (χ4v) is 3.27. The molecule has 0 unspecified atom stereocenters. The van der Waals surface area contributed by atoms with E-state index in [1.807, 2.05) is 30.3 Å². The first-order valence-corrected chi connectivity index (χ1v) is 9.42. The van der Waals surface area contributed by atoms with E-state index in [-0.39, 0.29) is 11.6 Å². The fourth-order valence-electron chi connectivity index (χ4n) is 3.27. The van der Waals surface area contributed by atoms with Crippen LogP contribution in [0.4, 0.5) is 0 Å². The van der Waals surface area contributed by atoms with Crippen molar-refractivity contribution in [3.8, 4) is 11.3 Å². The van der Waals surface area contributed by atoms with Crippen molar-refractivity contribution in [1.82, 2.24) is 5.32 Å². The zero-order chi connectivity index (χ0) is 21.4. The number of furan rings is 1. The summed E-state index contributed by atoms with van der Waals surface area (Å²) in [5, 5.41) is 2.25. The molecule has 0 atom stereocenters. The number of amides is 2. The number of rotatable bonds is 4. The molecule has 3 aromatic rings. The molecule has 5 rings (SSSR count). The number of carbonyl (C=O) groups excluding carboxylic acids is 3. The molecule has 2 aliphatic heterocycles. The van der Waals surface area contributed by atoms with Crippen molar-refractivity contribution in [3.05, 3.63) is 94.9 Å². The van der Waals surface area contributed by atoms with Crippen molar-refractivity contribution in [1.29, 1.82) is 0 Å². The Kier molecular flexibility index (Phi) is 4.41. The van der Waals surface area contributed by atoms with Gasteiger partial charge < -0.3 is 9.15 Å². The van der Waals surface area contributed by atoms with Crippen LogP contribution in [-0.4, -0.2) is 23.7 Å². The Balaban J connectivity index is 1.38. The van der Waals surface area contributed by atoms with Crippen molar-refractivity contribution in [2.45, 2.75) is 0 Å². The highest BCUT2D eigenvalue weighted by molar-refractivity contribution is 6.21. The van der Waals surface area contributed by atoms with Crippen LogP contribution in [0.3, 0.4) is 0 Å². The van der Waals surface area contributed by atoms with E-state index in [1.54, 1.807) is 42.5 Å². The molecule has 31 heavy (non-hydrogen) atoms. The van der Waals surface area contributed by atoms with Gasteiger partial charge in [-0.25, -0.2) is 9.79 Å². The standard InChI is InChI=1S/C24H14N2O5/c27-22-17-9-7-15(12-18(17)23(28)26-22)20-10-8-16(30-20)13-19-24(29)31-21(25-19)11-6-14-4-2-1-3-5-14/h1-13H,(H,26,27,28). The van der Waals surface area contributed by atoms with Crippen LogP contribution in [0.2, 0.25) is 0 Å². The van der Waals surface area contributed by atoms with Gasteiger partial charge >= 0.3 is 5.97 Å². The summed E-state index contributed by atoms with van der Waals surface area (Å²) < 4.78 is 10.9. The first-order valence-electron chi connectivity index (χ1n) is 9.42. The van der Waals surface area contributed by atoms with Crippen molar-refractivity contribution < 1.29 is 23.5 Å². The summed E-state index contributed by atoms with van der Waals surface area (Å²) in [5.74, 6) is -0.332. The smallest absolute Gasteiger partial charge is 0.363 e. The fraction of sp³-hybridized carbons (Fsp3) is 0. The average Bonchev–Trinajstić information content (AvgIpc) is 3.46. The molecule has 2 amide bonds. The monoisotopic (exact) mass is 410 g/mol. The third kappa shape index (κ3) is 3.60. The van der Waals surface area contributed by atoms with Gasteiger partial charge in [-0.3, -0.25) is 14.9 Å². The molecule has 7 heteroatoms. The zero-order valence-corrected chi connectivity index (χ0v) is 16.0.